The van der Waals surface area contributed by atoms with E-state index in [0.717, 1.165) is 12.3 Å². The molecule has 0 aromatic carbocycles. The van der Waals surface area contributed by atoms with Crippen molar-refractivity contribution in [1.29, 1.82) is 0 Å². The van der Waals surface area contributed by atoms with Crippen LogP contribution in [0.1, 0.15) is 66.2 Å². The van der Waals surface area contributed by atoms with Crippen LogP contribution in [0.15, 0.2) is 0 Å². The fourth-order valence-electron chi connectivity index (χ4n) is 1.82. The van der Waals surface area contributed by atoms with E-state index < -0.39 is 0 Å². The first-order valence-corrected chi connectivity index (χ1v) is 6.91. The van der Waals surface area contributed by atoms with Crippen LogP contribution >= 0.6 is 0 Å². The third-order valence-electron chi connectivity index (χ3n) is 3.05. The lowest BCUT2D eigenvalue weighted by Gasteiger charge is -2.19. The Bertz CT molecular complexity index is 111. The molecule has 0 aromatic rings. The molecule has 2 unspecified atom stereocenters. The Balaban J connectivity index is 0. The van der Waals surface area contributed by atoms with Gasteiger partial charge in [0, 0.05) is 13.2 Å². The van der Waals surface area contributed by atoms with Crippen molar-refractivity contribution in [1.82, 2.24) is 0 Å². The highest BCUT2D eigenvalue weighted by atomic mass is 16.3. The van der Waals surface area contributed by atoms with Gasteiger partial charge in [-0.15, -0.1) is 0 Å². The van der Waals surface area contributed by atoms with Gasteiger partial charge in [-0.05, 0) is 25.2 Å². The molecule has 0 aliphatic heterocycles. The number of unbranched alkanes of at least 4 members (excludes halogenated alkanes) is 1. The van der Waals surface area contributed by atoms with Crippen molar-refractivity contribution in [2.24, 2.45) is 11.8 Å². The first kappa shape index (κ1) is 18.3. The van der Waals surface area contributed by atoms with Gasteiger partial charge in [0.05, 0.1) is 0 Å². The third-order valence-corrected chi connectivity index (χ3v) is 3.05. The van der Waals surface area contributed by atoms with Crippen LogP contribution in [0.25, 0.3) is 0 Å². The van der Waals surface area contributed by atoms with E-state index in [4.69, 9.17) is 10.2 Å². The molecule has 0 radical (unpaired) electrons. The van der Waals surface area contributed by atoms with Crippen LogP contribution in [-0.4, -0.2) is 23.4 Å². The Morgan fingerprint density at radius 1 is 0.875 bits per heavy atom. The van der Waals surface area contributed by atoms with Gasteiger partial charge in [-0.3, -0.25) is 0 Å². The highest BCUT2D eigenvalue weighted by molar-refractivity contribution is 4.64. The summed E-state index contributed by atoms with van der Waals surface area (Å²) in [5.74, 6) is 1.39. The summed E-state index contributed by atoms with van der Waals surface area (Å²) in [6.45, 7) is 8.99. The van der Waals surface area contributed by atoms with Crippen LogP contribution in [-0.2, 0) is 0 Å². The molecular weight excluding hydrogens is 200 g/mol. The van der Waals surface area contributed by atoms with Gasteiger partial charge < -0.3 is 10.2 Å². The molecule has 2 nitrogen and oxygen atoms in total. The van der Waals surface area contributed by atoms with Crippen LogP contribution in [0.2, 0.25) is 0 Å². The van der Waals surface area contributed by atoms with Gasteiger partial charge >= 0.3 is 0 Å². The minimum absolute atomic E-state index is 0.250. The van der Waals surface area contributed by atoms with Crippen molar-refractivity contribution in [3.8, 4) is 0 Å². The number of aliphatic hydroxyl groups is 2. The highest BCUT2D eigenvalue weighted by Crippen LogP contribution is 2.22. The lowest BCUT2D eigenvalue weighted by Crippen LogP contribution is -2.11. The van der Waals surface area contributed by atoms with Crippen LogP contribution in [0.3, 0.4) is 0 Å². The maximum atomic E-state index is 9.10. The normalized spacial score (nSPS) is 13.9. The van der Waals surface area contributed by atoms with Gasteiger partial charge in [-0.1, -0.05) is 52.9 Å². The van der Waals surface area contributed by atoms with Gasteiger partial charge in [0.15, 0.2) is 0 Å². The van der Waals surface area contributed by atoms with E-state index in [0.29, 0.717) is 12.5 Å². The van der Waals surface area contributed by atoms with Crippen molar-refractivity contribution in [3.63, 3.8) is 0 Å². The summed E-state index contributed by atoms with van der Waals surface area (Å²) < 4.78 is 0. The molecule has 2 atom stereocenters. The van der Waals surface area contributed by atoms with Crippen LogP contribution in [0, 0.1) is 11.8 Å². The molecular formula is C14H32O2. The Kier molecular flexibility index (Phi) is 17.1. The minimum Gasteiger partial charge on any atom is -0.397 e. The molecule has 0 bridgehead atoms. The predicted molar refractivity (Wildman–Crippen MR) is 71.5 cm³/mol. The lowest BCUT2D eigenvalue weighted by atomic mass is 9.88. The average Bonchev–Trinajstić information content (AvgIpc) is 2.31. The second-order valence-corrected chi connectivity index (χ2v) is 4.43. The molecule has 2 heteroatoms. The molecule has 0 saturated heterocycles. The smallest absolute Gasteiger partial charge is 0.0459 e. The summed E-state index contributed by atoms with van der Waals surface area (Å²) in [6, 6.07) is 0. The number of hydrogen-bond acceptors (Lipinski definition) is 2. The highest BCUT2D eigenvalue weighted by Gasteiger charge is 2.12. The second kappa shape index (κ2) is 14.9. The third kappa shape index (κ3) is 12.0. The predicted octanol–water partition coefficient (Wildman–Crippen LogP) is 3.61. The van der Waals surface area contributed by atoms with Gasteiger partial charge in [-0.2, -0.15) is 0 Å². The van der Waals surface area contributed by atoms with Gasteiger partial charge in [-0.25, -0.2) is 0 Å². The molecule has 100 valence electrons. The Labute approximate surface area is 102 Å². The van der Waals surface area contributed by atoms with E-state index in [-0.39, 0.29) is 6.61 Å². The summed E-state index contributed by atoms with van der Waals surface area (Å²) >= 11 is 0. The van der Waals surface area contributed by atoms with Gasteiger partial charge in [0.25, 0.3) is 0 Å². The maximum absolute atomic E-state index is 9.10. The van der Waals surface area contributed by atoms with Crippen molar-refractivity contribution in [3.05, 3.63) is 0 Å². The van der Waals surface area contributed by atoms with Crippen LogP contribution < -0.4 is 0 Å². The molecule has 0 heterocycles. The SMILES string of the molecule is CCCCC(CC)CC(CC)CO.CCO. The first-order chi connectivity index (χ1) is 7.69. The van der Waals surface area contributed by atoms with E-state index >= 15 is 0 Å². The van der Waals surface area contributed by atoms with E-state index in [9.17, 15) is 0 Å². The zero-order chi connectivity index (χ0) is 12.8. The summed E-state index contributed by atoms with van der Waals surface area (Å²) in [6.07, 6.45) is 7.62. The number of hydrogen-bond donors (Lipinski definition) is 2. The van der Waals surface area contributed by atoms with E-state index in [2.05, 4.69) is 20.8 Å². The molecule has 16 heavy (non-hydrogen) atoms. The standard InChI is InChI=1S/C12H26O.C2H6O/c1-4-7-8-11(5-2)9-12(6-3)10-13;1-2-3/h11-13H,4-10H2,1-3H3;3H,2H2,1H3. The molecule has 0 amide bonds. The zero-order valence-corrected chi connectivity index (χ0v) is 11.7. The van der Waals surface area contributed by atoms with Crippen molar-refractivity contribution in [2.45, 2.75) is 66.2 Å². The van der Waals surface area contributed by atoms with Crippen molar-refractivity contribution < 1.29 is 10.2 Å². The quantitative estimate of drug-likeness (QED) is 0.671. The molecule has 0 fully saturated rings. The Morgan fingerprint density at radius 2 is 1.38 bits per heavy atom. The van der Waals surface area contributed by atoms with E-state index in [1.165, 1.54) is 32.1 Å². The number of rotatable bonds is 8. The van der Waals surface area contributed by atoms with Crippen molar-refractivity contribution >= 4 is 0 Å². The lowest BCUT2D eigenvalue weighted by molar-refractivity contribution is 0.191. The summed E-state index contributed by atoms with van der Waals surface area (Å²) in [5.41, 5.74) is 0. The van der Waals surface area contributed by atoms with Crippen LogP contribution in [0.4, 0.5) is 0 Å². The summed E-state index contributed by atoms with van der Waals surface area (Å²) in [5, 5.41) is 16.7. The minimum atomic E-state index is 0.250. The Morgan fingerprint density at radius 3 is 1.69 bits per heavy atom. The van der Waals surface area contributed by atoms with E-state index in [1.54, 1.807) is 6.92 Å². The summed E-state index contributed by atoms with van der Waals surface area (Å²) in [7, 11) is 0. The molecule has 0 spiro atoms. The monoisotopic (exact) mass is 232 g/mol. The second-order valence-electron chi connectivity index (χ2n) is 4.43. The Hall–Kier alpha value is -0.0800. The van der Waals surface area contributed by atoms with Crippen LogP contribution in [0.5, 0.6) is 0 Å². The molecule has 0 rings (SSSR count). The maximum Gasteiger partial charge on any atom is 0.0459 e. The van der Waals surface area contributed by atoms with Gasteiger partial charge in [0.1, 0.15) is 0 Å². The number of aliphatic hydroxyl groups excluding tert-OH is 2. The average molecular weight is 232 g/mol. The molecule has 0 aliphatic carbocycles. The molecule has 0 saturated carbocycles. The summed E-state index contributed by atoms with van der Waals surface area (Å²) in [4.78, 5) is 0. The zero-order valence-electron chi connectivity index (χ0n) is 11.7. The first-order valence-electron chi connectivity index (χ1n) is 6.91. The fourth-order valence-corrected chi connectivity index (χ4v) is 1.82. The van der Waals surface area contributed by atoms with E-state index in [1.807, 2.05) is 0 Å². The largest absolute Gasteiger partial charge is 0.397 e. The molecule has 0 aromatic heterocycles. The molecule has 2 N–H and O–H groups in total. The fraction of sp³-hybridized carbons (Fsp3) is 1.00. The molecule has 0 aliphatic rings. The van der Waals surface area contributed by atoms with Crippen molar-refractivity contribution in [2.75, 3.05) is 13.2 Å². The topological polar surface area (TPSA) is 40.5 Å². The van der Waals surface area contributed by atoms with Gasteiger partial charge in [0.2, 0.25) is 0 Å².